The molecule has 11 heteroatoms. The number of carbonyl (C=O) groups is 1. The first kappa shape index (κ1) is 21.8. The van der Waals surface area contributed by atoms with Crippen molar-refractivity contribution < 1.29 is 22.7 Å². The molecule has 1 aliphatic heterocycles. The summed E-state index contributed by atoms with van der Waals surface area (Å²) in [5.74, 6) is 0.678. The van der Waals surface area contributed by atoms with Gasteiger partial charge in [0.1, 0.15) is 12.2 Å². The Hall–Kier alpha value is -3.44. The Kier molecular flexibility index (Phi) is 6.10. The van der Waals surface area contributed by atoms with Crippen molar-refractivity contribution in [2.45, 2.75) is 31.1 Å². The first-order chi connectivity index (χ1) is 15.4. The summed E-state index contributed by atoms with van der Waals surface area (Å²) in [6, 6.07) is 14.0. The number of sulfonamides is 1. The molecule has 2 heterocycles. The zero-order valence-corrected chi connectivity index (χ0v) is 18.5. The lowest BCUT2D eigenvalue weighted by molar-refractivity contribution is -0.135. The Labute approximate surface area is 185 Å². The van der Waals surface area contributed by atoms with Crippen LogP contribution in [0.1, 0.15) is 17.0 Å². The van der Waals surface area contributed by atoms with Gasteiger partial charge in [0, 0.05) is 12.6 Å². The zero-order valence-electron chi connectivity index (χ0n) is 17.7. The second-order valence-electron chi connectivity index (χ2n) is 7.22. The number of fused-ring (bicyclic) bond motifs is 1. The highest BCUT2D eigenvalue weighted by atomic mass is 32.2. The van der Waals surface area contributed by atoms with Crippen molar-refractivity contribution in [2.24, 2.45) is 0 Å². The van der Waals surface area contributed by atoms with Gasteiger partial charge in [-0.3, -0.25) is 4.79 Å². The molecule has 1 aliphatic rings. The molecule has 0 aliphatic carbocycles. The van der Waals surface area contributed by atoms with Crippen molar-refractivity contribution in [2.75, 3.05) is 14.2 Å². The first-order valence-corrected chi connectivity index (χ1v) is 11.3. The van der Waals surface area contributed by atoms with Crippen LogP contribution in [0.2, 0.25) is 0 Å². The fraction of sp³-hybridized carbons (Fsp3) is 0.286. The number of methoxy groups -OCH3 is 2. The fourth-order valence-corrected chi connectivity index (χ4v) is 4.48. The maximum Gasteiger partial charge on any atom is 0.245 e. The Morgan fingerprint density at radius 1 is 1.03 bits per heavy atom. The van der Waals surface area contributed by atoms with Crippen molar-refractivity contribution in [3.63, 3.8) is 0 Å². The van der Waals surface area contributed by atoms with E-state index in [1.165, 1.54) is 37.1 Å². The summed E-state index contributed by atoms with van der Waals surface area (Å²) >= 11 is 0. The van der Waals surface area contributed by atoms with Crippen molar-refractivity contribution in [3.05, 3.63) is 65.5 Å². The van der Waals surface area contributed by atoms with Crippen molar-refractivity contribution in [3.8, 4) is 11.5 Å². The molecule has 1 aromatic heterocycles. The van der Waals surface area contributed by atoms with Crippen LogP contribution in [0, 0.1) is 0 Å². The number of amides is 1. The summed E-state index contributed by atoms with van der Waals surface area (Å²) in [7, 11) is -0.922. The summed E-state index contributed by atoms with van der Waals surface area (Å²) in [5, 5.41) is 8.11. The molecule has 0 saturated heterocycles. The molecule has 0 bridgehead atoms. The number of aromatic nitrogens is 3. The fourth-order valence-electron chi connectivity index (χ4n) is 3.48. The Bertz CT molecular complexity index is 1230. The minimum absolute atomic E-state index is 0.0390. The minimum Gasteiger partial charge on any atom is -0.493 e. The molecule has 168 valence electrons. The van der Waals surface area contributed by atoms with E-state index in [4.69, 9.17) is 9.47 Å². The van der Waals surface area contributed by atoms with Gasteiger partial charge < -0.3 is 14.4 Å². The second-order valence-corrected chi connectivity index (χ2v) is 8.98. The molecular formula is C21H23N5O5S. The molecule has 32 heavy (non-hydrogen) atoms. The number of rotatable bonds is 8. The highest BCUT2D eigenvalue weighted by Gasteiger charge is 2.28. The van der Waals surface area contributed by atoms with Gasteiger partial charge in [0.15, 0.2) is 11.5 Å². The van der Waals surface area contributed by atoms with Crippen LogP contribution in [-0.2, 0) is 41.0 Å². The molecule has 0 spiro atoms. The Morgan fingerprint density at radius 2 is 1.78 bits per heavy atom. The SMILES string of the molecule is COc1ccc(S(=O)(=O)NCc2nnn3c2CN(Cc2ccccc2)C(=O)C3)cc1OC. The van der Waals surface area contributed by atoms with E-state index >= 15 is 0 Å². The zero-order chi connectivity index (χ0) is 22.7. The highest BCUT2D eigenvalue weighted by Crippen LogP contribution is 2.29. The van der Waals surface area contributed by atoms with E-state index in [9.17, 15) is 13.2 Å². The van der Waals surface area contributed by atoms with Gasteiger partial charge in [-0.25, -0.2) is 17.8 Å². The van der Waals surface area contributed by atoms with Crippen LogP contribution >= 0.6 is 0 Å². The van der Waals surface area contributed by atoms with E-state index in [-0.39, 0.29) is 23.9 Å². The van der Waals surface area contributed by atoms with Crippen LogP contribution in [0.25, 0.3) is 0 Å². The van der Waals surface area contributed by atoms with Gasteiger partial charge >= 0.3 is 0 Å². The van der Waals surface area contributed by atoms with Crippen LogP contribution in [0.3, 0.4) is 0 Å². The standard InChI is InChI=1S/C21H23N5O5S/c1-30-19-9-8-16(10-20(19)31-2)32(28,29)22-11-17-18-13-25(12-15-6-4-3-5-7-15)21(27)14-26(18)24-23-17/h3-10,22H,11-14H2,1-2H3. The maximum atomic E-state index is 12.8. The monoisotopic (exact) mass is 457 g/mol. The van der Waals surface area contributed by atoms with Crippen LogP contribution in [0.15, 0.2) is 53.4 Å². The average molecular weight is 458 g/mol. The molecule has 0 saturated carbocycles. The van der Waals surface area contributed by atoms with Crippen LogP contribution < -0.4 is 14.2 Å². The lowest BCUT2D eigenvalue weighted by Gasteiger charge is -2.27. The topological polar surface area (TPSA) is 116 Å². The average Bonchev–Trinajstić information content (AvgIpc) is 3.19. The van der Waals surface area contributed by atoms with Gasteiger partial charge in [-0.15, -0.1) is 5.10 Å². The number of ether oxygens (including phenoxy) is 2. The van der Waals surface area contributed by atoms with Crippen molar-refractivity contribution in [1.82, 2.24) is 24.6 Å². The molecule has 1 N–H and O–H groups in total. The molecule has 0 radical (unpaired) electrons. The summed E-state index contributed by atoms with van der Waals surface area (Å²) in [4.78, 5) is 14.2. The summed E-state index contributed by atoms with van der Waals surface area (Å²) < 4.78 is 40.0. The third kappa shape index (κ3) is 4.43. The molecule has 10 nitrogen and oxygen atoms in total. The first-order valence-electron chi connectivity index (χ1n) is 9.86. The smallest absolute Gasteiger partial charge is 0.245 e. The molecule has 3 aromatic rings. The molecule has 0 unspecified atom stereocenters. The van der Waals surface area contributed by atoms with Crippen LogP contribution in [0.4, 0.5) is 0 Å². The quantitative estimate of drug-likeness (QED) is 0.542. The molecule has 2 aromatic carbocycles. The third-order valence-electron chi connectivity index (χ3n) is 5.21. The second kappa shape index (κ2) is 8.97. The van der Waals surface area contributed by atoms with Crippen LogP contribution in [-0.4, -0.2) is 48.4 Å². The lowest BCUT2D eigenvalue weighted by Crippen LogP contribution is -2.39. The van der Waals surface area contributed by atoms with Gasteiger partial charge in [-0.2, -0.15) is 0 Å². The van der Waals surface area contributed by atoms with Crippen molar-refractivity contribution >= 4 is 15.9 Å². The van der Waals surface area contributed by atoms with E-state index in [1.54, 1.807) is 4.90 Å². The molecule has 0 atom stereocenters. The lowest BCUT2D eigenvalue weighted by atomic mass is 10.2. The maximum absolute atomic E-state index is 12.8. The molecular weight excluding hydrogens is 434 g/mol. The molecule has 4 rings (SSSR count). The van der Waals surface area contributed by atoms with E-state index < -0.39 is 10.0 Å². The van der Waals surface area contributed by atoms with Crippen LogP contribution in [0.5, 0.6) is 11.5 Å². The summed E-state index contributed by atoms with van der Waals surface area (Å²) in [6.07, 6.45) is 0. The normalized spacial score (nSPS) is 13.7. The largest absolute Gasteiger partial charge is 0.493 e. The number of nitrogens with zero attached hydrogens (tertiary/aromatic N) is 4. The van der Waals surface area contributed by atoms with Gasteiger partial charge in [0.05, 0.1) is 37.9 Å². The third-order valence-corrected chi connectivity index (χ3v) is 6.61. The van der Waals surface area contributed by atoms with E-state index in [0.717, 1.165) is 5.56 Å². The number of carbonyl (C=O) groups excluding carboxylic acids is 1. The number of benzene rings is 2. The molecule has 1 amide bonds. The van der Waals surface area contributed by atoms with Gasteiger partial charge in [0.25, 0.3) is 0 Å². The predicted octanol–water partition coefficient (Wildman–Crippen LogP) is 1.32. The Balaban J connectivity index is 1.49. The Morgan fingerprint density at radius 3 is 2.50 bits per heavy atom. The summed E-state index contributed by atoms with van der Waals surface area (Å²) in [5.41, 5.74) is 2.19. The van der Waals surface area contributed by atoms with Gasteiger partial charge in [0.2, 0.25) is 15.9 Å². The van der Waals surface area contributed by atoms with Gasteiger partial charge in [-0.05, 0) is 17.7 Å². The molecule has 0 fully saturated rings. The summed E-state index contributed by atoms with van der Waals surface area (Å²) in [6.45, 7) is 0.771. The van der Waals surface area contributed by atoms with Crippen molar-refractivity contribution in [1.29, 1.82) is 0 Å². The minimum atomic E-state index is -3.84. The van der Waals surface area contributed by atoms with E-state index in [0.29, 0.717) is 36.0 Å². The van der Waals surface area contributed by atoms with E-state index in [2.05, 4.69) is 15.0 Å². The number of hydrogen-bond acceptors (Lipinski definition) is 7. The van der Waals surface area contributed by atoms with E-state index in [1.807, 2.05) is 30.3 Å². The number of nitrogens with one attached hydrogen (secondary N) is 1. The predicted molar refractivity (Wildman–Crippen MR) is 114 cm³/mol. The highest BCUT2D eigenvalue weighted by molar-refractivity contribution is 7.89. The van der Waals surface area contributed by atoms with Gasteiger partial charge in [-0.1, -0.05) is 35.5 Å². The number of hydrogen-bond donors (Lipinski definition) is 1.